The van der Waals surface area contributed by atoms with E-state index in [4.69, 9.17) is 19.2 Å². The minimum absolute atomic E-state index is 0.220. The maximum atomic E-state index is 6.28. The van der Waals surface area contributed by atoms with Crippen molar-refractivity contribution in [3.63, 3.8) is 0 Å². The molecule has 1 saturated carbocycles. The fraction of sp³-hybridized carbons (Fsp3) is 0.318. The molecule has 0 saturated heterocycles. The highest BCUT2D eigenvalue weighted by atomic mass is 32.1. The summed E-state index contributed by atoms with van der Waals surface area (Å²) in [5, 5.41) is 3.30. The van der Waals surface area contributed by atoms with Crippen LogP contribution in [0.25, 0.3) is 11.2 Å². The number of rotatable bonds is 5. The molecule has 0 amide bonds. The lowest BCUT2D eigenvalue weighted by atomic mass is 10.1. The summed E-state index contributed by atoms with van der Waals surface area (Å²) in [6.45, 7) is 1.05. The van der Waals surface area contributed by atoms with E-state index in [1.54, 1.807) is 31.0 Å². The van der Waals surface area contributed by atoms with E-state index in [1.165, 1.54) is 17.8 Å². The van der Waals surface area contributed by atoms with E-state index in [1.807, 2.05) is 28.8 Å². The van der Waals surface area contributed by atoms with E-state index in [2.05, 4.69) is 15.3 Å². The normalized spacial score (nSPS) is 18.0. The van der Waals surface area contributed by atoms with Crippen LogP contribution in [-0.4, -0.2) is 33.2 Å². The molecule has 1 unspecified atom stereocenters. The zero-order chi connectivity index (χ0) is 20.1. The first-order chi connectivity index (χ1) is 14.8. The summed E-state index contributed by atoms with van der Waals surface area (Å²) < 4.78 is 20.0. The average Bonchev–Trinajstić information content (AvgIpc) is 3.38. The van der Waals surface area contributed by atoms with Crippen molar-refractivity contribution in [2.45, 2.75) is 31.4 Å². The predicted molar refractivity (Wildman–Crippen MR) is 113 cm³/mol. The number of hydrogen-bond donors (Lipinski definition) is 0. The number of thiazole rings is 1. The van der Waals surface area contributed by atoms with Crippen molar-refractivity contribution < 1.29 is 14.2 Å². The molecule has 1 aliphatic heterocycles. The highest BCUT2D eigenvalue weighted by Gasteiger charge is 2.31. The van der Waals surface area contributed by atoms with Crippen molar-refractivity contribution in [1.82, 2.24) is 19.5 Å². The Balaban J connectivity index is 1.28. The highest BCUT2D eigenvalue weighted by molar-refractivity contribution is 7.09. The molecule has 4 heterocycles. The van der Waals surface area contributed by atoms with Gasteiger partial charge < -0.3 is 18.8 Å². The van der Waals surface area contributed by atoms with Crippen LogP contribution in [0.4, 0.5) is 0 Å². The highest BCUT2D eigenvalue weighted by Crippen LogP contribution is 2.46. The second-order valence-corrected chi connectivity index (χ2v) is 8.54. The zero-order valence-corrected chi connectivity index (χ0v) is 17.3. The molecule has 0 bridgehead atoms. The minimum Gasteiger partial charge on any atom is -0.493 e. The molecule has 30 heavy (non-hydrogen) atoms. The van der Waals surface area contributed by atoms with Gasteiger partial charge in [0.05, 0.1) is 30.7 Å². The van der Waals surface area contributed by atoms with Gasteiger partial charge >= 0.3 is 0 Å². The van der Waals surface area contributed by atoms with Crippen molar-refractivity contribution in [3.05, 3.63) is 58.4 Å². The quantitative estimate of drug-likeness (QED) is 0.478. The third-order valence-electron chi connectivity index (χ3n) is 5.47. The second kappa shape index (κ2) is 6.98. The third kappa shape index (κ3) is 3.08. The van der Waals surface area contributed by atoms with Gasteiger partial charge in [0.2, 0.25) is 5.75 Å². The Morgan fingerprint density at radius 3 is 3.07 bits per heavy atom. The van der Waals surface area contributed by atoms with Gasteiger partial charge in [-0.2, -0.15) is 0 Å². The van der Waals surface area contributed by atoms with Gasteiger partial charge in [-0.3, -0.25) is 0 Å². The Bertz CT molecular complexity index is 1210. The van der Waals surface area contributed by atoms with Gasteiger partial charge in [0, 0.05) is 17.5 Å². The zero-order valence-electron chi connectivity index (χ0n) is 16.4. The molecule has 1 atom stereocenters. The van der Waals surface area contributed by atoms with Crippen LogP contribution >= 0.6 is 11.3 Å². The van der Waals surface area contributed by atoms with Gasteiger partial charge in [-0.25, -0.2) is 15.0 Å². The number of nitrogens with zero attached hydrogens (tertiary/aromatic N) is 4. The number of ether oxygens (including phenoxy) is 3. The monoisotopic (exact) mass is 420 g/mol. The van der Waals surface area contributed by atoms with Crippen LogP contribution in [0.2, 0.25) is 0 Å². The Kier molecular flexibility index (Phi) is 4.12. The fourth-order valence-electron chi connectivity index (χ4n) is 3.76. The fourth-order valence-corrected chi connectivity index (χ4v) is 4.79. The van der Waals surface area contributed by atoms with Crippen LogP contribution in [0.3, 0.4) is 0 Å². The standard InChI is InChI=1S/C22H20N4O3S/c1-27-17-7-13(9-26-12-24-15-3-2-6-23-21(15)26)8-18-20(17)29-19(10-28-18)16-11-30-22(25-16)14-4-5-14/h2-3,6-8,11-12,14,19H,4-5,9-10H2,1H3. The van der Waals surface area contributed by atoms with Gasteiger partial charge in [0.1, 0.15) is 12.1 Å². The Morgan fingerprint density at radius 1 is 1.27 bits per heavy atom. The van der Waals surface area contributed by atoms with Gasteiger partial charge in [-0.05, 0) is 42.7 Å². The van der Waals surface area contributed by atoms with Crippen LogP contribution in [0.5, 0.6) is 17.2 Å². The molecule has 1 aromatic carbocycles. The Hall–Kier alpha value is -3.13. The third-order valence-corrected chi connectivity index (χ3v) is 6.50. The summed E-state index contributed by atoms with van der Waals surface area (Å²) in [4.78, 5) is 13.6. The molecule has 8 heteroatoms. The van der Waals surface area contributed by atoms with Crippen molar-refractivity contribution in [2.24, 2.45) is 0 Å². The molecule has 0 N–H and O–H groups in total. The number of imidazole rings is 1. The minimum atomic E-state index is -0.220. The molecule has 152 valence electrons. The molecule has 0 spiro atoms. The molecule has 4 aromatic rings. The summed E-state index contributed by atoms with van der Waals surface area (Å²) >= 11 is 1.72. The Labute approximate surface area is 177 Å². The van der Waals surface area contributed by atoms with Crippen molar-refractivity contribution >= 4 is 22.5 Å². The molecule has 3 aromatic heterocycles. The summed E-state index contributed by atoms with van der Waals surface area (Å²) in [6.07, 6.45) is 5.85. The molecule has 0 radical (unpaired) electrons. The van der Waals surface area contributed by atoms with Crippen molar-refractivity contribution in [1.29, 1.82) is 0 Å². The van der Waals surface area contributed by atoms with Crippen molar-refractivity contribution in [2.75, 3.05) is 13.7 Å². The topological polar surface area (TPSA) is 71.3 Å². The smallest absolute Gasteiger partial charge is 0.204 e. The number of fused-ring (bicyclic) bond motifs is 2. The summed E-state index contributed by atoms with van der Waals surface area (Å²) in [7, 11) is 1.65. The van der Waals surface area contributed by atoms with Gasteiger partial charge in [0.15, 0.2) is 23.3 Å². The number of methoxy groups -OCH3 is 1. The summed E-state index contributed by atoms with van der Waals surface area (Å²) in [5.41, 5.74) is 3.69. The SMILES string of the molecule is COc1cc(Cn2cnc3cccnc32)cc2c1OC(c1csc(C3CC3)n1)CO2. The van der Waals surface area contributed by atoms with E-state index >= 15 is 0 Å². The molecule has 1 fully saturated rings. The molecular formula is C22H20N4O3S. The molecule has 6 rings (SSSR count). The van der Waals surface area contributed by atoms with Gasteiger partial charge in [0.25, 0.3) is 0 Å². The van der Waals surface area contributed by atoms with E-state index < -0.39 is 0 Å². The van der Waals surface area contributed by atoms with Gasteiger partial charge in [-0.1, -0.05) is 0 Å². The lowest BCUT2D eigenvalue weighted by molar-refractivity contribution is 0.0844. The van der Waals surface area contributed by atoms with Crippen LogP contribution in [0.1, 0.15) is 41.1 Å². The average molecular weight is 420 g/mol. The van der Waals surface area contributed by atoms with E-state index in [-0.39, 0.29) is 6.10 Å². The number of aromatic nitrogens is 4. The summed E-state index contributed by atoms with van der Waals surface area (Å²) in [6, 6.07) is 7.82. The van der Waals surface area contributed by atoms with Crippen LogP contribution in [0, 0.1) is 0 Å². The van der Waals surface area contributed by atoms with Crippen LogP contribution in [0.15, 0.2) is 42.2 Å². The largest absolute Gasteiger partial charge is 0.493 e. The maximum Gasteiger partial charge on any atom is 0.204 e. The lowest BCUT2D eigenvalue weighted by Gasteiger charge is -2.27. The predicted octanol–water partition coefficient (Wildman–Crippen LogP) is 4.33. The second-order valence-electron chi connectivity index (χ2n) is 7.65. The van der Waals surface area contributed by atoms with E-state index in [0.717, 1.165) is 22.4 Å². The van der Waals surface area contributed by atoms with Crippen LogP contribution < -0.4 is 14.2 Å². The number of benzene rings is 1. The van der Waals surface area contributed by atoms with Gasteiger partial charge in [-0.15, -0.1) is 11.3 Å². The number of pyridine rings is 1. The first-order valence-corrected chi connectivity index (χ1v) is 10.9. The maximum absolute atomic E-state index is 6.28. The number of hydrogen-bond acceptors (Lipinski definition) is 7. The summed E-state index contributed by atoms with van der Waals surface area (Å²) in [5.74, 6) is 2.62. The molecule has 7 nitrogen and oxygen atoms in total. The Morgan fingerprint density at radius 2 is 2.20 bits per heavy atom. The van der Waals surface area contributed by atoms with Crippen LogP contribution in [-0.2, 0) is 6.54 Å². The molecule has 1 aliphatic carbocycles. The first kappa shape index (κ1) is 17.7. The first-order valence-electron chi connectivity index (χ1n) is 10.00. The lowest BCUT2D eigenvalue weighted by Crippen LogP contribution is -2.22. The van der Waals surface area contributed by atoms with E-state index in [0.29, 0.717) is 36.3 Å². The molecular weight excluding hydrogens is 400 g/mol. The van der Waals surface area contributed by atoms with E-state index in [9.17, 15) is 0 Å². The molecule has 2 aliphatic rings. The van der Waals surface area contributed by atoms with Crippen molar-refractivity contribution in [3.8, 4) is 17.2 Å².